The summed E-state index contributed by atoms with van der Waals surface area (Å²) in [6, 6.07) is 6.64. The SMILES string of the molecule is CC[C@H](C)C([C@@H](CC(=O)N1CCC[C@H]1[C@H](OC)[C@@H](C)C(=O)N[C@H](C(=O)N1CCCCO1)[C@@H](C)c1ccccc1)OC)N(C)C(=O)[C@@H](NC(=O)[C@@H](NC)C(C)C)C(C)C. The monoisotopic (exact) mass is 815 g/mol. The van der Waals surface area contributed by atoms with Gasteiger partial charge in [0.05, 0.1) is 49.3 Å². The molecule has 2 saturated heterocycles. The average Bonchev–Trinajstić information content (AvgIpc) is 3.71. The van der Waals surface area contributed by atoms with Crippen LogP contribution in [-0.2, 0) is 38.3 Å². The Bertz CT molecular complexity index is 1470. The van der Waals surface area contributed by atoms with E-state index in [9.17, 15) is 24.0 Å². The fourth-order valence-electron chi connectivity index (χ4n) is 8.61. The molecule has 58 heavy (non-hydrogen) atoms. The van der Waals surface area contributed by atoms with Crippen LogP contribution in [0, 0.1) is 23.7 Å². The van der Waals surface area contributed by atoms with Crippen LogP contribution in [0.2, 0.25) is 0 Å². The summed E-state index contributed by atoms with van der Waals surface area (Å²) in [5.41, 5.74) is 0.912. The predicted octanol–water partition coefficient (Wildman–Crippen LogP) is 4.13. The number of carbonyl (C=O) groups is 5. The first-order valence-corrected chi connectivity index (χ1v) is 21.4. The summed E-state index contributed by atoms with van der Waals surface area (Å²) in [4.78, 5) is 79.0. The summed E-state index contributed by atoms with van der Waals surface area (Å²) in [5.74, 6) is -2.54. The molecular weight excluding hydrogens is 741 g/mol. The number of ether oxygens (including phenoxy) is 2. The van der Waals surface area contributed by atoms with E-state index in [1.807, 2.05) is 78.8 Å². The van der Waals surface area contributed by atoms with Crippen molar-refractivity contribution < 1.29 is 38.3 Å². The highest BCUT2D eigenvalue weighted by Gasteiger charge is 2.44. The zero-order valence-corrected chi connectivity index (χ0v) is 37.3. The molecule has 0 spiro atoms. The van der Waals surface area contributed by atoms with Gasteiger partial charge >= 0.3 is 0 Å². The van der Waals surface area contributed by atoms with Crippen molar-refractivity contribution in [1.29, 1.82) is 0 Å². The molecule has 1 unspecified atom stereocenters. The Morgan fingerprint density at radius 3 is 2.02 bits per heavy atom. The minimum Gasteiger partial charge on any atom is -0.379 e. The highest BCUT2D eigenvalue weighted by Crippen LogP contribution is 2.30. The van der Waals surface area contributed by atoms with Crippen LogP contribution < -0.4 is 16.0 Å². The molecule has 2 heterocycles. The zero-order chi connectivity index (χ0) is 43.3. The molecule has 1 aromatic carbocycles. The Morgan fingerprint density at radius 1 is 0.845 bits per heavy atom. The lowest BCUT2D eigenvalue weighted by atomic mass is 9.89. The standard InChI is InChI=1S/C44H74N6O8/c1-13-29(6)39(48(10)43(54)37(28(4)5)46-42(53)36(45-9)27(2)3)34(56-11)26-35(51)49-23-19-22-33(49)40(57-12)31(8)41(52)47-38(30(7)32-20-15-14-16-21-32)44(55)50-24-17-18-25-58-50/h14-16,20-21,27-31,33-34,36-40,45H,13,17-19,22-26H2,1-12H3,(H,46,53)(H,47,52)/t29-,30-,31+,33-,34+,36-,37-,38-,39?,40+/m0/s1. The highest BCUT2D eigenvalue weighted by molar-refractivity contribution is 5.91. The van der Waals surface area contributed by atoms with Gasteiger partial charge in [-0.3, -0.25) is 28.8 Å². The molecule has 14 nitrogen and oxygen atoms in total. The molecule has 0 aliphatic carbocycles. The number of methoxy groups -OCH3 is 2. The lowest BCUT2D eigenvalue weighted by Crippen LogP contribution is -2.59. The second kappa shape index (κ2) is 23.3. The Balaban J connectivity index is 1.82. The average molecular weight is 815 g/mol. The number of rotatable bonds is 21. The van der Waals surface area contributed by atoms with Crippen molar-refractivity contribution in [1.82, 2.24) is 30.8 Å². The zero-order valence-electron chi connectivity index (χ0n) is 37.3. The Morgan fingerprint density at radius 2 is 1.48 bits per heavy atom. The summed E-state index contributed by atoms with van der Waals surface area (Å²) in [6.45, 7) is 16.9. The minimum absolute atomic E-state index is 0.00548. The number of nitrogens with zero attached hydrogens (tertiary/aromatic N) is 3. The van der Waals surface area contributed by atoms with Gasteiger partial charge in [-0.1, -0.05) is 92.1 Å². The van der Waals surface area contributed by atoms with E-state index in [0.717, 1.165) is 31.2 Å². The summed E-state index contributed by atoms with van der Waals surface area (Å²) in [7, 11) is 6.56. The lowest BCUT2D eigenvalue weighted by molar-refractivity contribution is -0.200. The maximum Gasteiger partial charge on any atom is 0.269 e. The first-order valence-electron chi connectivity index (χ1n) is 21.4. The molecule has 2 aliphatic heterocycles. The van der Waals surface area contributed by atoms with Crippen LogP contribution in [0.4, 0.5) is 0 Å². The molecule has 3 rings (SSSR count). The first-order chi connectivity index (χ1) is 27.5. The van der Waals surface area contributed by atoms with Crippen molar-refractivity contribution in [2.24, 2.45) is 23.7 Å². The van der Waals surface area contributed by atoms with E-state index < -0.39 is 48.3 Å². The van der Waals surface area contributed by atoms with Crippen molar-refractivity contribution in [3.8, 4) is 0 Å². The minimum atomic E-state index is -0.877. The maximum atomic E-state index is 14.4. The van der Waals surface area contributed by atoms with Crippen molar-refractivity contribution in [3.05, 3.63) is 35.9 Å². The number of nitrogens with one attached hydrogen (secondary N) is 3. The number of carbonyl (C=O) groups excluding carboxylic acids is 5. The molecule has 5 amide bonds. The van der Waals surface area contributed by atoms with E-state index in [1.54, 1.807) is 45.0 Å². The molecule has 2 fully saturated rings. The number of amides is 5. The summed E-state index contributed by atoms with van der Waals surface area (Å²) in [6.07, 6.45) is 2.48. The molecule has 2 aliphatic rings. The third-order valence-electron chi connectivity index (χ3n) is 12.4. The molecule has 0 aromatic heterocycles. The van der Waals surface area contributed by atoms with Gasteiger partial charge < -0.3 is 35.2 Å². The van der Waals surface area contributed by atoms with E-state index in [4.69, 9.17) is 14.3 Å². The van der Waals surface area contributed by atoms with Gasteiger partial charge in [0.1, 0.15) is 12.1 Å². The largest absolute Gasteiger partial charge is 0.379 e. The van der Waals surface area contributed by atoms with Crippen molar-refractivity contribution in [2.45, 2.75) is 142 Å². The van der Waals surface area contributed by atoms with Crippen molar-refractivity contribution in [2.75, 3.05) is 48.0 Å². The second-order valence-electron chi connectivity index (χ2n) is 17.0. The van der Waals surface area contributed by atoms with Gasteiger partial charge in [-0.2, -0.15) is 0 Å². The van der Waals surface area contributed by atoms with Crippen LogP contribution >= 0.6 is 0 Å². The van der Waals surface area contributed by atoms with Crippen LogP contribution in [-0.4, -0.2) is 135 Å². The molecule has 14 heteroatoms. The van der Waals surface area contributed by atoms with Crippen LogP contribution in [0.5, 0.6) is 0 Å². The summed E-state index contributed by atoms with van der Waals surface area (Å²) in [5, 5.41) is 10.5. The molecule has 10 atom stereocenters. The first kappa shape index (κ1) is 48.8. The smallest absolute Gasteiger partial charge is 0.269 e. The maximum absolute atomic E-state index is 14.4. The third-order valence-corrected chi connectivity index (χ3v) is 12.4. The Labute approximate surface area is 347 Å². The Hall–Kier alpha value is -3.59. The van der Waals surface area contributed by atoms with Crippen LogP contribution in [0.1, 0.15) is 105 Å². The Kier molecular flexibility index (Phi) is 19.6. The molecule has 3 N–H and O–H groups in total. The van der Waals surface area contributed by atoms with Gasteiger partial charge in [-0.05, 0) is 56.0 Å². The van der Waals surface area contributed by atoms with E-state index in [0.29, 0.717) is 26.1 Å². The molecule has 0 radical (unpaired) electrons. The van der Waals surface area contributed by atoms with Gasteiger partial charge in [-0.15, -0.1) is 0 Å². The predicted molar refractivity (Wildman–Crippen MR) is 224 cm³/mol. The van der Waals surface area contributed by atoms with Crippen LogP contribution in [0.15, 0.2) is 30.3 Å². The quantitative estimate of drug-likeness (QED) is 0.166. The van der Waals surface area contributed by atoms with E-state index in [1.165, 1.54) is 5.06 Å². The van der Waals surface area contributed by atoms with Crippen LogP contribution in [0.3, 0.4) is 0 Å². The number of likely N-dealkylation sites (tertiary alicyclic amines) is 1. The number of hydrogen-bond acceptors (Lipinski definition) is 9. The van der Waals surface area contributed by atoms with E-state index >= 15 is 0 Å². The fraction of sp³-hybridized carbons (Fsp3) is 0.750. The van der Waals surface area contributed by atoms with E-state index in [-0.39, 0.29) is 59.6 Å². The summed E-state index contributed by atoms with van der Waals surface area (Å²) >= 11 is 0. The normalized spacial score (nSPS) is 20.7. The number of hydroxylamine groups is 2. The van der Waals surface area contributed by atoms with Gasteiger partial charge in [-0.25, -0.2) is 5.06 Å². The number of likely N-dealkylation sites (N-methyl/N-ethyl adjacent to an activating group) is 2. The molecule has 1 aromatic rings. The fourth-order valence-corrected chi connectivity index (χ4v) is 8.61. The van der Waals surface area contributed by atoms with Crippen LogP contribution in [0.25, 0.3) is 0 Å². The van der Waals surface area contributed by atoms with Gasteiger partial charge in [0.25, 0.3) is 5.91 Å². The second-order valence-corrected chi connectivity index (χ2v) is 17.0. The number of hydrogen-bond donors (Lipinski definition) is 3. The van der Waals surface area contributed by atoms with Crippen molar-refractivity contribution >= 4 is 29.5 Å². The molecule has 0 saturated carbocycles. The third kappa shape index (κ3) is 12.2. The highest BCUT2D eigenvalue weighted by atomic mass is 16.7. The van der Waals surface area contributed by atoms with Gasteiger partial charge in [0, 0.05) is 40.3 Å². The number of benzene rings is 1. The van der Waals surface area contributed by atoms with Gasteiger partial charge in [0.2, 0.25) is 23.6 Å². The molecule has 0 bridgehead atoms. The van der Waals surface area contributed by atoms with Gasteiger partial charge in [0.15, 0.2) is 0 Å². The van der Waals surface area contributed by atoms with E-state index in [2.05, 4.69) is 16.0 Å². The molecular formula is C44H74N6O8. The molecule has 328 valence electrons. The van der Waals surface area contributed by atoms with Crippen molar-refractivity contribution in [3.63, 3.8) is 0 Å². The lowest BCUT2D eigenvalue weighted by Gasteiger charge is -2.41. The topological polar surface area (TPSA) is 159 Å². The summed E-state index contributed by atoms with van der Waals surface area (Å²) < 4.78 is 12.1.